The van der Waals surface area contributed by atoms with Crippen molar-refractivity contribution in [2.45, 2.75) is 24.3 Å². The van der Waals surface area contributed by atoms with Gasteiger partial charge in [-0.1, -0.05) is 60.8 Å². The highest BCUT2D eigenvalue weighted by molar-refractivity contribution is 7.78. The molecule has 1 saturated heterocycles. The van der Waals surface area contributed by atoms with Gasteiger partial charge in [0.15, 0.2) is 5.78 Å². The molecule has 176 valence electrons. The molecule has 35 heavy (non-hydrogen) atoms. The van der Waals surface area contributed by atoms with Gasteiger partial charge in [-0.3, -0.25) is 18.9 Å². The van der Waals surface area contributed by atoms with Crippen molar-refractivity contribution in [3.8, 4) is 0 Å². The van der Waals surface area contributed by atoms with E-state index in [1.165, 1.54) is 27.8 Å². The number of ketones is 1. The quantitative estimate of drug-likeness (QED) is 0.251. The van der Waals surface area contributed by atoms with Crippen molar-refractivity contribution in [1.29, 1.82) is 0 Å². The lowest BCUT2D eigenvalue weighted by Crippen LogP contribution is -2.54. The third-order valence-electron chi connectivity index (χ3n) is 6.31. The number of thiol groups is 1. The summed E-state index contributed by atoms with van der Waals surface area (Å²) in [4.78, 5) is 32.2. The van der Waals surface area contributed by atoms with Gasteiger partial charge in [-0.25, -0.2) is 4.39 Å². The highest BCUT2D eigenvalue weighted by Gasteiger charge is 2.53. The third kappa shape index (κ3) is 4.29. The van der Waals surface area contributed by atoms with E-state index >= 15 is 0 Å². The summed E-state index contributed by atoms with van der Waals surface area (Å²) in [5, 5.41) is 4.17. The van der Waals surface area contributed by atoms with E-state index in [-0.39, 0.29) is 18.0 Å². The van der Waals surface area contributed by atoms with Crippen LogP contribution in [0.2, 0.25) is 5.02 Å². The second kappa shape index (κ2) is 9.57. The Morgan fingerprint density at radius 2 is 1.83 bits per heavy atom. The fourth-order valence-electron chi connectivity index (χ4n) is 4.58. The van der Waals surface area contributed by atoms with E-state index in [2.05, 4.69) is 12.8 Å². The van der Waals surface area contributed by atoms with Crippen LogP contribution in [-0.4, -0.2) is 21.0 Å². The maximum absolute atomic E-state index is 13.7. The van der Waals surface area contributed by atoms with Crippen molar-refractivity contribution in [3.05, 3.63) is 122 Å². The van der Waals surface area contributed by atoms with Crippen LogP contribution in [0, 0.1) is 5.82 Å². The number of carbonyl (C=O) groups is 2. The highest BCUT2D eigenvalue weighted by atomic mass is 35.5. The van der Waals surface area contributed by atoms with Crippen LogP contribution in [-0.2, 0) is 21.5 Å². The molecular weight excluding hydrogens is 503 g/mol. The van der Waals surface area contributed by atoms with Gasteiger partial charge in [0, 0.05) is 23.6 Å². The number of nitrogens with zero attached hydrogens (tertiary/aromatic N) is 2. The zero-order valence-corrected chi connectivity index (χ0v) is 20.9. The highest BCUT2D eigenvalue weighted by Crippen LogP contribution is 2.47. The summed E-state index contributed by atoms with van der Waals surface area (Å²) >= 11 is 12.5. The van der Waals surface area contributed by atoms with Crippen molar-refractivity contribution >= 4 is 47.4 Å². The van der Waals surface area contributed by atoms with Crippen molar-refractivity contribution < 1.29 is 14.0 Å². The number of rotatable bonds is 5. The van der Waals surface area contributed by atoms with Gasteiger partial charge in [0.2, 0.25) is 5.91 Å². The number of thiophene rings is 1. The van der Waals surface area contributed by atoms with E-state index in [4.69, 9.17) is 16.6 Å². The fraction of sp³-hybridized carbons (Fsp3) is 0.148. The molecule has 4 aromatic rings. The normalized spacial score (nSPS) is 20.3. The van der Waals surface area contributed by atoms with Gasteiger partial charge < -0.3 is 0 Å². The molecule has 2 aromatic heterocycles. The molecule has 5 rings (SSSR count). The number of carbonyl (C=O) groups excluding carboxylic acids is 2. The van der Waals surface area contributed by atoms with Crippen LogP contribution >= 0.6 is 35.8 Å². The summed E-state index contributed by atoms with van der Waals surface area (Å²) < 4.78 is 14.7. The molecule has 2 aromatic carbocycles. The second-order valence-electron chi connectivity index (χ2n) is 8.44. The van der Waals surface area contributed by atoms with E-state index in [0.717, 1.165) is 16.8 Å². The zero-order chi connectivity index (χ0) is 24.6. The monoisotopic (exact) mass is 522 g/mol. The van der Waals surface area contributed by atoms with Crippen LogP contribution in [0.15, 0.2) is 83.6 Å². The minimum Gasteiger partial charge on any atom is -0.298 e. The van der Waals surface area contributed by atoms with Crippen molar-refractivity contribution in [2.75, 3.05) is 0 Å². The zero-order valence-electron chi connectivity index (χ0n) is 18.4. The lowest BCUT2D eigenvalue weighted by atomic mass is 9.74. The van der Waals surface area contributed by atoms with Crippen LogP contribution in [0.4, 0.5) is 4.39 Å². The van der Waals surface area contributed by atoms with Crippen LogP contribution in [0.3, 0.4) is 0 Å². The lowest BCUT2D eigenvalue weighted by Gasteiger charge is -2.45. The van der Waals surface area contributed by atoms with Crippen LogP contribution < -0.4 is 0 Å². The van der Waals surface area contributed by atoms with Gasteiger partial charge in [0.05, 0.1) is 5.69 Å². The molecular formula is C27H20ClFN2O2S2. The molecule has 4 nitrogen and oxygen atoms in total. The van der Waals surface area contributed by atoms with Crippen LogP contribution in [0.5, 0.6) is 0 Å². The average molecular weight is 523 g/mol. The molecule has 1 aliphatic heterocycles. The van der Waals surface area contributed by atoms with Crippen LogP contribution in [0.1, 0.15) is 40.4 Å². The summed E-state index contributed by atoms with van der Waals surface area (Å²) in [6.45, 7) is 0. The largest absolute Gasteiger partial charge is 0.298 e. The molecule has 0 N–H and O–H groups in total. The second-order valence-corrected chi connectivity index (χ2v) is 10.0. The smallest absolute Gasteiger partial charge is 0.248 e. The fourth-order valence-corrected chi connectivity index (χ4v) is 5.96. The number of halogens is 2. The van der Waals surface area contributed by atoms with Gasteiger partial charge in [-0.05, 0) is 63.8 Å². The molecule has 0 spiro atoms. The number of piperidine rings is 1. The maximum Gasteiger partial charge on any atom is 0.248 e. The van der Waals surface area contributed by atoms with Crippen molar-refractivity contribution in [1.82, 2.24) is 9.29 Å². The van der Waals surface area contributed by atoms with Gasteiger partial charge in [-0.2, -0.15) is 11.3 Å². The first-order valence-electron chi connectivity index (χ1n) is 10.9. The minimum absolute atomic E-state index is 0.00185. The number of amides is 1. The lowest BCUT2D eigenvalue weighted by molar-refractivity contribution is -0.142. The number of aromatic nitrogens is 1. The number of hydrogen-bond donors (Lipinski definition) is 1. The summed E-state index contributed by atoms with van der Waals surface area (Å²) in [6.07, 6.45) is 0.479. The Balaban J connectivity index is 1.58. The Labute approximate surface area is 216 Å². The van der Waals surface area contributed by atoms with Gasteiger partial charge in [0.25, 0.3) is 0 Å². The van der Waals surface area contributed by atoms with E-state index in [0.29, 0.717) is 22.7 Å². The van der Waals surface area contributed by atoms with E-state index in [9.17, 15) is 14.0 Å². The molecule has 3 heterocycles. The standard InChI is InChI=1S/C27H20ClFN2O2S2/c28-22-6-2-1-5-21(22)25-23(32)15-27(31(34)26(25)33,18-12-13-35-16-18)24-7-3-4-20(30-24)14-17-8-10-19(29)11-9-17/h1-13,16,25,34H,14-15H2. The van der Waals surface area contributed by atoms with E-state index in [1.807, 2.05) is 35.0 Å². The molecule has 1 aliphatic rings. The number of benzene rings is 2. The maximum atomic E-state index is 13.7. The van der Waals surface area contributed by atoms with Gasteiger partial charge in [-0.15, -0.1) is 0 Å². The molecule has 2 atom stereocenters. The first kappa shape index (κ1) is 23.7. The van der Waals surface area contributed by atoms with Gasteiger partial charge in [0.1, 0.15) is 17.3 Å². The molecule has 0 radical (unpaired) electrons. The predicted molar refractivity (Wildman–Crippen MR) is 138 cm³/mol. The molecule has 0 saturated carbocycles. The Morgan fingerprint density at radius 3 is 2.54 bits per heavy atom. The summed E-state index contributed by atoms with van der Waals surface area (Å²) in [5.41, 5.74) is 2.25. The minimum atomic E-state index is -1.17. The molecule has 8 heteroatoms. The number of hydrogen-bond acceptors (Lipinski definition) is 5. The SMILES string of the molecule is O=C1CC(c2ccsc2)(c2cccc(Cc3ccc(F)cc3)n2)N(S)C(=O)C1c1ccccc1Cl. The Kier molecular flexibility index (Phi) is 6.49. The molecule has 2 unspecified atom stereocenters. The molecule has 1 amide bonds. The van der Waals surface area contributed by atoms with Crippen molar-refractivity contribution in [3.63, 3.8) is 0 Å². The Morgan fingerprint density at radius 1 is 1.06 bits per heavy atom. The summed E-state index contributed by atoms with van der Waals surface area (Å²) in [5.74, 6) is -2.03. The Bertz CT molecular complexity index is 1390. The van der Waals surface area contributed by atoms with Gasteiger partial charge >= 0.3 is 0 Å². The molecule has 1 fully saturated rings. The van der Waals surface area contributed by atoms with E-state index < -0.39 is 17.4 Å². The van der Waals surface area contributed by atoms with E-state index in [1.54, 1.807) is 36.4 Å². The van der Waals surface area contributed by atoms with Crippen LogP contribution in [0.25, 0.3) is 0 Å². The summed E-state index contributed by atoms with van der Waals surface area (Å²) in [6, 6.07) is 20.6. The Hall–Kier alpha value is -3.00. The first-order valence-corrected chi connectivity index (χ1v) is 12.7. The number of Topliss-reactive ketones (excluding diaryl/α,β-unsaturated/α-hetero) is 1. The molecule has 0 aliphatic carbocycles. The summed E-state index contributed by atoms with van der Waals surface area (Å²) in [7, 11) is 0. The number of pyridine rings is 1. The first-order chi connectivity index (χ1) is 16.9. The predicted octanol–water partition coefficient (Wildman–Crippen LogP) is 6.20. The average Bonchev–Trinajstić information content (AvgIpc) is 3.40. The third-order valence-corrected chi connectivity index (χ3v) is 7.88. The topological polar surface area (TPSA) is 50.3 Å². The molecule has 0 bridgehead atoms. The van der Waals surface area contributed by atoms with Crippen molar-refractivity contribution in [2.24, 2.45) is 0 Å².